The average molecular weight is 307 g/mol. The Morgan fingerprint density at radius 3 is 2.33 bits per heavy atom. The van der Waals surface area contributed by atoms with Crippen molar-refractivity contribution in [1.29, 1.82) is 0 Å². The zero-order valence-corrected chi connectivity index (χ0v) is 14.8. The number of rotatable bonds is 6. The highest BCUT2D eigenvalue weighted by molar-refractivity contribution is 8.03. The Kier molecular flexibility index (Phi) is 8.36. The van der Waals surface area contributed by atoms with Gasteiger partial charge in [-0.1, -0.05) is 53.0 Å². The van der Waals surface area contributed by atoms with Gasteiger partial charge in [-0.25, -0.2) is 0 Å². The molecule has 0 spiro atoms. The summed E-state index contributed by atoms with van der Waals surface area (Å²) in [7, 11) is 0. The van der Waals surface area contributed by atoms with Gasteiger partial charge >= 0.3 is 0 Å². The van der Waals surface area contributed by atoms with Gasteiger partial charge in [0, 0.05) is 17.5 Å². The van der Waals surface area contributed by atoms with Crippen LogP contribution in [0.1, 0.15) is 71.1 Å². The van der Waals surface area contributed by atoms with Crippen molar-refractivity contribution in [3.8, 4) is 0 Å². The molecule has 0 bridgehead atoms. The van der Waals surface area contributed by atoms with Crippen LogP contribution in [0.3, 0.4) is 0 Å². The fraction of sp³-hybridized carbons (Fsp3) is 0.556. The summed E-state index contributed by atoms with van der Waals surface area (Å²) in [5.41, 5.74) is 4.62. The predicted octanol–water partition coefficient (Wildman–Crippen LogP) is 6.01. The van der Waals surface area contributed by atoms with Crippen molar-refractivity contribution in [2.75, 3.05) is 0 Å². The molecule has 0 saturated heterocycles. The lowest BCUT2D eigenvalue weighted by Crippen LogP contribution is -2.17. The molecule has 1 aromatic rings. The highest BCUT2D eigenvalue weighted by atomic mass is 32.2. The Morgan fingerprint density at radius 1 is 1.24 bits per heavy atom. The van der Waals surface area contributed by atoms with Gasteiger partial charge in [-0.3, -0.25) is 0 Å². The standard InChI is InChI=1S/C12H16N2S.C6H14/c1-4-12-14-11(7-15-12)9-5-10(8(2)3)13-6-9;1-3-5-6-4-2/h5-7,12-14H,2,4H2,1,3H3;3-6H2,1-2H3. The van der Waals surface area contributed by atoms with Crippen molar-refractivity contribution in [2.45, 2.75) is 65.2 Å². The second-order valence-electron chi connectivity index (χ2n) is 5.50. The molecule has 1 aromatic heterocycles. The zero-order chi connectivity index (χ0) is 15.7. The monoisotopic (exact) mass is 306 g/mol. The van der Waals surface area contributed by atoms with Gasteiger partial charge < -0.3 is 10.3 Å². The van der Waals surface area contributed by atoms with Crippen LogP contribution in [0.15, 0.2) is 24.3 Å². The summed E-state index contributed by atoms with van der Waals surface area (Å²) in [5, 5.41) is 6.21. The minimum Gasteiger partial charge on any atom is -0.372 e. The molecule has 2 nitrogen and oxygen atoms in total. The minimum absolute atomic E-state index is 0.531. The summed E-state index contributed by atoms with van der Waals surface area (Å²) < 4.78 is 0. The Bertz CT molecular complexity index is 456. The molecule has 2 N–H and O–H groups in total. The molecule has 2 heterocycles. The van der Waals surface area contributed by atoms with E-state index in [4.69, 9.17) is 0 Å². The van der Waals surface area contributed by atoms with Gasteiger partial charge in [0.25, 0.3) is 0 Å². The number of hydrogen-bond donors (Lipinski definition) is 2. The SMILES string of the molecule is C=C(C)c1cc(C2=CSC(CC)N2)c[nH]1.CCCCCC. The van der Waals surface area contributed by atoms with Crippen molar-refractivity contribution >= 4 is 23.0 Å². The molecule has 3 heteroatoms. The summed E-state index contributed by atoms with van der Waals surface area (Å²) in [6, 6.07) is 2.14. The maximum Gasteiger partial charge on any atom is 0.0761 e. The van der Waals surface area contributed by atoms with Crippen LogP contribution in [-0.2, 0) is 0 Å². The molecule has 0 amide bonds. The minimum atomic E-state index is 0.531. The summed E-state index contributed by atoms with van der Waals surface area (Å²) in [6.45, 7) is 12.6. The fourth-order valence-corrected chi connectivity index (χ4v) is 2.93. The highest BCUT2D eigenvalue weighted by Gasteiger charge is 2.16. The normalized spacial score (nSPS) is 16.8. The number of thioether (sulfide) groups is 1. The summed E-state index contributed by atoms with van der Waals surface area (Å²) in [5.74, 6) is 0. The number of aromatic nitrogens is 1. The summed E-state index contributed by atoms with van der Waals surface area (Å²) >= 11 is 1.85. The number of hydrogen-bond acceptors (Lipinski definition) is 2. The van der Waals surface area contributed by atoms with Gasteiger partial charge in [0.15, 0.2) is 0 Å². The van der Waals surface area contributed by atoms with Gasteiger partial charge in [-0.05, 0) is 30.4 Å². The quantitative estimate of drug-likeness (QED) is 0.630. The zero-order valence-electron chi connectivity index (χ0n) is 14.0. The lowest BCUT2D eigenvalue weighted by Gasteiger charge is -2.08. The number of allylic oxidation sites excluding steroid dienone is 1. The highest BCUT2D eigenvalue weighted by Crippen LogP contribution is 2.29. The molecule has 118 valence electrons. The van der Waals surface area contributed by atoms with E-state index >= 15 is 0 Å². The molecule has 1 atom stereocenters. The van der Waals surface area contributed by atoms with E-state index in [1.54, 1.807) is 0 Å². The Labute approximate surface area is 134 Å². The number of H-pyrrole nitrogens is 1. The predicted molar refractivity (Wildman–Crippen MR) is 98.1 cm³/mol. The Morgan fingerprint density at radius 2 is 1.90 bits per heavy atom. The van der Waals surface area contributed by atoms with E-state index in [0.717, 1.165) is 17.7 Å². The van der Waals surface area contributed by atoms with Crippen LogP contribution in [0, 0.1) is 0 Å². The molecular weight excluding hydrogens is 276 g/mol. The van der Waals surface area contributed by atoms with Crippen LogP contribution in [0.25, 0.3) is 11.3 Å². The van der Waals surface area contributed by atoms with Crippen molar-refractivity contribution in [2.24, 2.45) is 0 Å². The van der Waals surface area contributed by atoms with E-state index in [9.17, 15) is 0 Å². The first-order valence-electron chi connectivity index (χ1n) is 8.09. The van der Waals surface area contributed by atoms with Gasteiger partial charge in [0.2, 0.25) is 0 Å². The molecule has 0 radical (unpaired) electrons. The summed E-state index contributed by atoms with van der Waals surface area (Å²) in [6.07, 6.45) is 8.71. The van der Waals surface area contributed by atoms with Crippen LogP contribution in [0.2, 0.25) is 0 Å². The van der Waals surface area contributed by atoms with Crippen molar-refractivity contribution in [1.82, 2.24) is 10.3 Å². The Balaban J connectivity index is 0.000000315. The second-order valence-corrected chi connectivity index (χ2v) is 6.58. The van der Waals surface area contributed by atoms with E-state index in [0.29, 0.717) is 5.37 Å². The third kappa shape index (κ3) is 6.04. The van der Waals surface area contributed by atoms with Crippen LogP contribution in [0.4, 0.5) is 0 Å². The molecule has 0 aliphatic carbocycles. The van der Waals surface area contributed by atoms with Crippen molar-refractivity contribution < 1.29 is 0 Å². The van der Waals surface area contributed by atoms with E-state index in [1.807, 2.05) is 24.9 Å². The van der Waals surface area contributed by atoms with Crippen LogP contribution >= 0.6 is 11.8 Å². The molecule has 1 aliphatic heterocycles. The molecule has 0 fully saturated rings. The summed E-state index contributed by atoms with van der Waals surface area (Å²) in [4.78, 5) is 3.23. The van der Waals surface area contributed by atoms with E-state index < -0.39 is 0 Å². The van der Waals surface area contributed by atoms with Crippen LogP contribution in [0.5, 0.6) is 0 Å². The van der Waals surface area contributed by atoms with Gasteiger partial charge in [-0.2, -0.15) is 0 Å². The molecule has 0 saturated carbocycles. The Hall–Kier alpha value is -1.09. The maximum absolute atomic E-state index is 3.92. The lowest BCUT2D eigenvalue weighted by atomic mass is 10.2. The molecule has 1 aliphatic rings. The van der Waals surface area contributed by atoms with Gasteiger partial charge in [0.1, 0.15) is 0 Å². The number of unbranched alkanes of at least 4 members (excludes halogenated alkanes) is 3. The molecule has 1 unspecified atom stereocenters. The maximum atomic E-state index is 3.92. The lowest BCUT2D eigenvalue weighted by molar-refractivity contribution is 0.702. The topological polar surface area (TPSA) is 27.8 Å². The van der Waals surface area contributed by atoms with Crippen LogP contribution in [-0.4, -0.2) is 10.4 Å². The van der Waals surface area contributed by atoms with Gasteiger partial charge in [-0.15, -0.1) is 11.8 Å². The van der Waals surface area contributed by atoms with Crippen molar-refractivity contribution in [3.63, 3.8) is 0 Å². The molecule has 2 rings (SSSR count). The van der Waals surface area contributed by atoms with E-state index in [2.05, 4.69) is 49.1 Å². The average Bonchev–Trinajstić information content (AvgIpc) is 3.13. The fourth-order valence-electron chi connectivity index (χ4n) is 2.04. The molecule has 0 aromatic carbocycles. The first-order valence-corrected chi connectivity index (χ1v) is 9.03. The van der Waals surface area contributed by atoms with E-state index in [1.165, 1.54) is 36.9 Å². The third-order valence-electron chi connectivity index (χ3n) is 3.45. The first-order chi connectivity index (χ1) is 10.1. The number of nitrogens with one attached hydrogen (secondary N) is 2. The third-order valence-corrected chi connectivity index (χ3v) is 4.60. The van der Waals surface area contributed by atoms with Crippen LogP contribution < -0.4 is 5.32 Å². The van der Waals surface area contributed by atoms with E-state index in [-0.39, 0.29) is 0 Å². The molecular formula is C18H30N2S. The van der Waals surface area contributed by atoms with Gasteiger partial charge in [0.05, 0.1) is 11.1 Å². The largest absolute Gasteiger partial charge is 0.372 e. The number of aromatic amines is 1. The van der Waals surface area contributed by atoms with Crippen molar-refractivity contribution in [3.05, 3.63) is 35.5 Å². The first kappa shape index (κ1) is 18.0. The smallest absolute Gasteiger partial charge is 0.0761 e. The molecule has 21 heavy (non-hydrogen) atoms. The second kappa shape index (κ2) is 9.78.